The fourth-order valence-electron chi connectivity index (χ4n) is 7.26. The number of aliphatic hydroxyl groups is 1. The summed E-state index contributed by atoms with van der Waals surface area (Å²) in [6, 6.07) is 2.51. The van der Waals surface area contributed by atoms with Gasteiger partial charge in [0.15, 0.2) is 0 Å². The molecule has 23 heavy (non-hydrogen) atoms. The average molecular weight is 315 g/mol. The van der Waals surface area contributed by atoms with E-state index >= 15 is 0 Å². The third-order valence-electron chi connectivity index (χ3n) is 8.48. The van der Waals surface area contributed by atoms with Crippen LogP contribution in [0.3, 0.4) is 0 Å². The van der Waals surface area contributed by atoms with Crippen molar-refractivity contribution in [3.05, 3.63) is 0 Å². The van der Waals surface area contributed by atoms with Crippen LogP contribution in [0.25, 0.3) is 0 Å². The molecule has 0 aromatic carbocycles. The van der Waals surface area contributed by atoms with E-state index in [9.17, 15) is 15.2 Å². The highest BCUT2D eigenvalue weighted by Crippen LogP contribution is 2.66. The molecule has 0 aromatic heterocycles. The second-order valence-electron chi connectivity index (χ2n) is 9.36. The zero-order chi connectivity index (χ0) is 16.4. The topological polar surface area (TPSA) is 61.1 Å². The predicted molar refractivity (Wildman–Crippen MR) is 87.2 cm³/mol. The van der Waals surface area contributed by atoms with E-state index < -0.39 is 0 Å². The van der Waals surface area contributed by atoms with Crippen LogP contribution in [0, 0.1) is 51.8 Å². The lowest BCUT2D eigenvalue weighted by atomic mass is 9.44. The van der Waals surface area contributed by atoms with Gasteiger partial charge in [-0.1, -0.05) is 13.8 Å². The van der Waals surface area contributed by atoms with Gasteiger partial charge in [-0.05, 0) is 73.5 Å². The van der Waals surface area contributed by atoms with Crippen LogP contribution in [0.2, 0.25) is 0 Å². The molecule has 0 heterocycles. The molecular formula is C20H29NO2. The number of Topliss-reactive ketones (excluding diaryl/α,β-unsaturated/α-hetero) is 1. The second kappa shape index (κ2) is 5.06. The molecule has 3 heteroatoms. The molecule has 0 radical (unpaired) electrons. The predicted octanol–water partition coefficient (Wildman–Crippen LogP) is 3.71. The summed E-state index contributed by atoms with van der Waals surface area (Å²) in [5, 5.41) is 19.6. The standard InChI is InChI=1S/C20H29NO2/c1-19-8-7-14(22)9-12(19)3-5-15-16-6-4-13(11-21)20(16,2)10-17(23)18(15)19/h12-16,18,22H,3-10H2,1-2H3/t12-,13+,14+,15-,16-,18+,19-,20+/m0/s1. The van der Waals surface area contributed by atoms with Crippen LogP contribution in [0.4, 0.5) is 0 Å². The number of aliphatic hydroxyl groups excluding tert-OH is 1. The highest BCUT2D eigenvalue weighted by Gasteiger charge is 2.63. The van der Waals surface area contributed by atoms with Crippen molar-refractivity contribution in [3.8, 4) is 6.07 Å². The highest BCUT2D eigenvalue weighted by atomic mass is 16.3. The summed E-state index contributed by atoms with van der Waals surface area (Å²) in [7, 11) is 0. The van der Waals surface area contributed by atoms with Gasteiger partial charge in [0.2, 0.25) is 0 Å². The Labute approximate surface area is 139 Å². The number of nitriles is 1. The lowest BCUT2D eigenvalue weighted by molar-refractivity contribution is -0.160. The molecule has 126 valence electrons. The Morgan fingerprint density at radius 3 is 2.65 bits per heavy atom. The lowest BCUT2D eigenvalue weighted by Crippen LogP contribution is -2.57. The van der Waals surface area contributed by atoms with E-state index in [0.29, 0.717) is 30.0 Å². The van der Waals surface area contributed by atoms with Gasteiger partial charge in [0, 0.05) is 12.3 Å². The number of hydrogen-bond acceptors (Lipinski definition) is 3. The summed E-state index contributed by atoms with van der Waals surface area (Å²) < 4.78 is 0. The van der Waals surface area contributed by atoms with Gasteiger partial charge >= 0.3 is 0 Å². The minimum absolute atomic E-state index is 0.0658. The lowest BCUT2D eigenvalue weighted by Gasteiger charge is -2.59. The Kier molecular flexibility index (Phi) is 3.44. The van der Waals surface area contributed by atoms with Crippen molar-refractivity contribution >= 4 is 5.78 Å². The fraction of sp³-hybridized carbons (Fsp3) is 0.900. The van der Waals surface area contributed by atoms with Crippen molar-refractivity contribution in [1.29, 1.82) is 5.26 Å². The van der Waals surface area contributed by atoms with Crippen molar-refractivity contribution in [2.45, 2.75) is 71.3 Å². The third-order valence-corrected chi connectivity index (χ3v) is 8.48. The molecule has 4 rings (SSSR count). The van der Waals surface area contributed by atoms with Gasteiger partial charge in [-0.15, -0.1) is 0 Å². The highest BCUT2D eigenvalue weighted by molar-refractivity contribution is 5.84. The third kappa shape index (κ3) is 2.00. The van der Waals surface area contributed by atoms with Crippen molar-refractivity contribution in [1.82, 2.24) is 0 Å². The molecule has 4 aliphatic rings. The van der Waals surface area contributed by atoms with Gasteiger partial charge in [-0.3, -0.25) is 4.79 Å². The molecule has 8 atom stereocenters. The molecule has 4 aliphatic carbocycles. The van der Waals surface area contributed by atoms with E-state index in [1.807, 2.05) is 0 Å². The monoisotopic (exact) mass is 315 g/mol. The van der Waals surface area contributed by atoms with Crippen LogP contribution >= 0.6 is 0 Å². The zero-order valence-corrected chi connectivity index (χ0v) is 14.4. The van der Waals surface area contributed by atoms with Gasteiger partial charge in [-0.2, -0.15) is 5.26 Å². The first-order valence-electron chi connectivity index (χ1n) is 9.50. The van der Waals surface area contributed by atoms with E-state index in [2.05, 4.69) is 19.9 Å². The minimum Gasteiger partial charge on any atom is -0.393 e. The SMILES string of the molecule is C[C@]12CC[C@@H](O)C[C@@H]1CC[C@H]1[C@@H]3CC[C@H](C#N)[C@@]3(C)CC(=O)[C@@H]12. The van der Waals surface area contributed by atoms with Crippen molar-refractivity contribution in [2.24, 2.45) is 40.4 Å². The molecule has 1 N–H and O–H groups in total. The first-order valence-corrected chi connectivity index (χ1v) is 9.50. The quantitative estimate of drug-likeness (QED) is 0.741. The van der Waals surface area contributed by atoms with E-state index in [-0.39, 0.29) is 28.8 Å². The Balaban J connectivity index is 1.69. The molecule has 0 unspecified atom stereocenters. The fourth-order valence-corrected chi connectivity index (χ4v) is 7.26. The maximum Gasteiger partial charge on any atom is 0.137 e. The van der Waals surface area contributed by atoms with Gasteiger partial charge in [-0.25, -0.2) is 0 Å². The van der Waals surface area contributed by atoms with Crippen LogP contribution in [0.5, 0.6) is 0 Å². The van der Waals surface area contributed by atoms with E-state index in [1.165, 1.54) is 0 Å². The van der Waals surface area contributed by atoms with Gasteiger partial charge < -0.3 is 5.11 Å². The molecule has 0 spiro atoms. The Morgan fingerprint density at radius 1 is 1.13 bits per heavy atom. The molecule has 3 nitrogen and oxygen atoms in total. The summed E-state index contributed by atoms with van der Waals surface area (Å²) in [4.78, 5) is 13.2. The Bertz CT molecular complexity index is 566. The molecule has 4 saturated carbocycles. The zero-order valence-electron chi connectivity index (χ0n) is 14.4. The molecule has 0 saturated heterocycles. The molecule has 0 amide bonds. The van der Waals surface area contributed by atoms with Crippen molar-refractivity contribution in [2.75, 3.05) is 0 Å². The second-order valence-corrected chi connectivity index (χ2v) is 9.36. The van der Waals surface area contributed by atoms with Gasteiger partial charge in [0.1, 0.15) is 5.78 Å². The van der Waals surface area contributed by atoms with Crippen molar-refractivity contribution in [3.63, 3.8) is 0 Å². The average Bonchev–Trinajstić information content (AvgIpc) is 2.83. The molecule has 4 fully saturated rings. The number of carbonyl (C=O) groups excluding carboxylic acids is 1. The van der Waals surface area contributed by atoms with E-state index in [4.69, 9.17) is 0 Å². The maximum absolute atomic E-state index is 13.2. The summed E-state index contributed by atoms with van der Waals surface area (Å²) >= 11 is 0. The van der Waals surface area contributed by atoms with E-state index in [1.54, 1.807) is 0 Å². The normalized spacial score (nSPS) is 55.5. The smallest absolute Gasteiger partial charge is 0.137 e. The van der Waals surface area contributed by atoms with Crippen LogP contribution in [0.15, 0.2) is 0 Å². The summed E-state index contributed by atoms with van der Waals surface area (Å²) in [6.07, 6.45) is 7.58. The number of ketones is 1. The number of hydrogen-bond donors (Lipinski definition) is 1. The number of rotatable bonds is 0. The van der Waals surface area contributed by atoms with E-state index in [0.717, 1.165) is 44.9 Å². The summed E-state index contributed by atoms with van der Waals surface area (Å²) in [5.74, 6) is 2.23. The number of carbonyl (C=O) groups is 1. The van der Waals surface area contributed by atoms with Crippen LogP contribution in [-0.2, 0) is 4.79 Å². The first-order chi connectivity index (χ1) is 10.9. The largest absolute Gasteiger partial charge is 0.393 e. The van der Waals surface area contributed by atoms with Gasteiger partial charge in [0.05, 0.1) is 18.1 Å². The van der Waals surface area contributed by atoms with Crippen LogP contribution in [-0.4, -0.2) is 17.0 Å². The van der Waals surface area contributed by atoms with Crippen LogP contribution < -0.4 is 0 Å². The number of nitrogens with zero attached hydrogens (tertiary/aromatic N) is 1. The van der Waals surface area contributed by atoms with Crippen molar-refractivity contribution < 1.29 is 9.90 Å². The summed E-state index contributed by atoms with van der Waals surface area (Å²) in [5.41, 5.74) is 0.00959. The first kappa shape index (κ1) is 15.6. The summed E-state index contributed by atoms with van der Waals surface area (Å²) in [6.45, 7) is 4.55. The Morgan fingerprint density at radius 2 is 1.91 bits per heavy atom. The molecule has 0 aromatic rings. The molecule has 0 aliphatic heterocycles. The molecular weight excluding hydrogens is 286 g/mol. The van der Waals surface area contributed by atoms with Gasteiger partial charge in [0.25, 0.3) is 0 Å². The maximum atomic E-state index is 13.2. The Hall–Kier alpha value is -0.880. The number of fused-ring (bicyclic) bond motifs is 5. The van der Waals surface area contributed by atoms with Crippen LogP contribution in [0.1, 0.15) is 65.2 Å². The minimum atomic E-state index is -0.164. The molecule has 0 bridgehead atoms.